The minimum Gasteiger partial charge on any atom is -0.370 e. The normalized spacial score (nSPS) is 15.7. The van der Waals surface area contributed by atoms with Gasteiger partial charge in [0.2, 0.25) is 0 Å². The van der Waals surface area contributed by atoms with Gasteiger partial charge in [-0.15, -0.1) is 0 Å². The third kappa shape index (κ3) is 3.06. The zero-order chi connectivity index (χ0) is 18.4. The van der Waals surface area contributed by atoms with Crippen LogP contribution in [0.5, 0.6) is 0 Å². The Morgan fingerprint density at radius 3 is 2.52 bits per heavy atom. The summed E-state index contributed by atoms with van der Waals surface area (Å²) in [5, 5.41) is 3.98. The van der Waals surface area contributed by atoms with E-state index in [-0.39, 0.29) is 11.1 Å². The smallest absolute Gasteiger partial charge is 0.370 e. The van der Waals surface area contributed by atoms with Crippen molar-refractivity contribution < 1.29 is 22.4 Å². The van der Waals surface area contributed by atoms with Crippen LogP contribution in [-0.2, 0) is 11.7 Å². The number of aromatic nitrogens is 2. The van der Waals surface area contributed by atoms with Crippen LogP contribution in [0.25, 0.3) is 0 Å². The molecule has 0 bridgehead atoms. The summed E-state index contributed by atoms with van der Waals surface area (Å²) >= 11 is 0. The van der Waals surface area contributed by atoms with Crippen LogP contribution in [0.4, 0.5) is 17.6 Å². The number of hydrogen-bond acceptors (Lipinski definition) is 2. The zero-order valence-electron chi connectivity index (χ0n) is 12.7. The number of nitrogens with two attached hydrogens (primary N) is 2. The Kier molecular flexibility index (Phi) is 3.77. The lowest BCUT2D eigenvalue weighted by atomic mass is 9.97. The number of halogens is 4. The number of carbonyl (C=O) groups is 1. The molecule has 4 N–H and O–H groups in total. The summed E-state index contributed by atoms with van der Waals surface area (Å²) in [5.41, 5.74) is 8.07. The van der Waals surface area contributed by atoms with Gasteiger partial charge < -0.3 is 11.5 Å². The average Bonchev–Trinajstić information content (AvgIpc) is 3.15. The molecule has 25 heavy (non-hydrogen) atoms. The van der Waals surface area contributed by atoms with Gasteiger partial charge in [-0.25, -0.2) is 4.39 Å². The van der Waals surface area contributed by atoms with Crippen molar-refractivity contribution in [1.82, 2.24) is 9.78 Å². The minimum absolute atomic E-state index is 0.0374. The number of rotatable bonds is 3. The number of guanidine groups is 1. The van der Waals surface area contributed by atoms with E-state index in [1.807, 2.05) is 0 Å². The third-order valence-corrected chi connectivity index (χ3v) is 4.01. The quantitative estimate of drug-likeness (QED) is 0.500. The molecule has 1 amide bonds. The first kappa shape index (κ1) is 16.9. The van der Waals surface area contributed by atoms with E-state index in [2.05, 4.69) is 10.1 Å². The molecule has 6 nitrogen and oxygen atoms in total. The standard InChI is InChI=1S/C15H13F4N5O/c16-9-1-2-10(11(5-9)15(17,18)19)14(3-4-14)24-7-8(6-22-24)12(25)23-13(20)21/h1-2,5-7H,3-4H2,(H4,20,21,23,25). The van der Waals surface area contributed by atoms with E-state index in [4.69, 9.17) is 11.5 Å². The molecule has 0 radical (unpaired) electrons. The topological polar surface area (TPSA) is 99.3 Å². The lowest BCUT2D eigenvalue weighted by Crippen LogP contribution is -2.24. The number of alkyl halides is 3. The van der Waals surface area contributed by atoms with E-state index < -0.39 is 35.0 Å². The van der Waals surface area contributed by atoms with Crippen LogP contribution in [-0.4, -0.2) is 21.6 Å². The zero-order valence-corrected chi connectivity index (χ0v) is 12.7. The number of carbonyl (C=O) groups excluding carboxylic acids is 1. The Balaban J connectivity index is 2.04. The number of amides is 1. The van der Waals surface area contributed by atoms with Crippen molar-refractivity contribution in [2.45, 2.75) is 24.6 Å². The molecule has 1 aromatic carbocycles. The van der Waals surface area contributed by atoms with Crippen molar-refractivity contribution in [3.05, 3.63) is 53.1 Å². The third-order valence-electron chi connectivity index (χ3n) is 4.01. The summed E-state index contributed by atoms with van der Waals surface area (Å²) in [6, 6.07) is 2.54. The first-order chi connectivity index (χ1) is 11.6. The molecule has 1 aliphatic rings. The van der Waals surface area contributed by atoms with Crippen LogP contribution < -0.4 is 11.5 Å². The fourth-order valence-corrected chi connectivity index (χ4v) is 2.75. The van der Waals surface area contributed by atoms with E-state index in [1.54, 1.807) is 0 Å². The van der Waals surface area contributed by atoms with Crippen LogP contribution in [0.3, 0.4) is 0 Å². The second-order valence-corrected chi connectivity index (χ2v) is 5.73. The molecule has 2 aromatic rings. The summed E-state index contributed by atoms with van der Waals surface area (Å²) in [7, 11) is 0. The van der Waals surface area contributed by atoms with Crippen molar-refractivity contribution in [1.29, 1.82) is 0 Å². The lowest BCUT2D eigenvalue weighted by Gasteiger charge is -2.21. The molecular weight excluding hydrogens is 342 g/mol. The second-order valence-electron chi connectivity index (χ2n) is 5.73. The van der Waals surface area contributed by atoms with Crippen LogP contribution >= 0.6 is 0 Å². The first-order valence-electron chi connectivity index (χ1n) is 7.20. The highest BCUT2D eigenvalue weighted by Crippen LogP contribution is 2.52. The summed E-state index contributed by atoms with van der Waals surface area (Å²) in [5.74, 6) is -2.16. The largest absolute Gasteiger partial charge is 0.416 e. The summed E-state index contributed by atoms with van der Waals surface area (Å²) in [6.07, 6.45) is -1.51. The molecule has 1 heterocycles. The Bertz CT molecular complexity index is 863. The van der Waals surface area contributed by atoms with E-state index >= 15 is 0 Å². The van der Waals surface area contributed by atoms with Gasteiger partial charge in [-0.05, 0) is 30.5 Å². The van der Waals surface area contributed by atoms with E-state index in [0.717, 1.165) is 12.1 Å². The maximum absolute atomic E-state index is 13.3. The Labute approximate surface area is 139 Å². The van der Waals surface area contributed by atoms with Gasteiger partial charge in [0.15, 0.2) is 5.96 Å². The highest BCUT2D eigenvalue weighted by Gasteiger charge is 2.51. The average molecular weight is 355 g/mol. The Hall–Kier alpha value is -2.91. The second kappa shape index (κ2) is 5.57. The minimum atomic E-state index is -4.71. The van der Waals surface area contributed by atoms with Gasteiger partial charge >= 0.3 is 6.18 Å². The fourth-order valence-electron chi connectivity index (χ4n) is 2.75. The predicted octanol–water partition coefficient (Wildman–Crippen LogP) is 1.99. The predicted molar refractivity (Wildman–Crippen MR) is 80.1 cm³/mol. The fraction of sp³-hybridized carbons (Fsp3) is 0.267. The highest BCUT2D eigenvalue weighted by molar-refractivity contribution is 6.01. The molecule has 0 atom stereocenters. The Morgan fingerprint density at radius 2 is 1.96 bits per heavy atom. The molecule has 1 saturated carbocycles. The monoisotopic (exact) mass is 355 g/mol. The molecule has 0 spiro atoms. The highest BCUT2D eigenvalue weighted by atomic mass is 19.4. The van der Waals surface area contributed by atoms with Gasteiger partial charge in [0, 0.05) is 6.20 Å². The van der Waals surface area contributed by atoms with Crippen LogP contribution in [0.2, 0.25) is 0 Å². The molecule has 0 aliphatic heterocycles. The van der Waals surface area contributed by atoms with Crippen LogP contribution in [0.15, 0.2) is 35.6 Å². The van der Waals surface area contributed by atoms with Gasteiger partial charge in [-0.2, -0.15) is 23.3 Å². The molecule has 1 aliphatic carbocycles. The molecule has 0 unspecified atom stereocenters. The number of nitrogens with zero attached hydrogens (tertiary/aromatic N) is 3. The number of benzene rings is 1. The van der Waals surface area contributed by atoms with Crippen molar-refractivity contribution in [3.63, 3.8) is 0 Å². The SMILES string of the molecule is NC(N)=NC(=O)c1cnn(C2(c3ccc(F)cc3C(F)(F)F)CC2)c1. The van der Waals surface area contributed by atoms with Gasteiger partial charge in [0.25, 0.3) is 5.91 Å². The number of hydrogen-bond donors (Lipinski definition) is 2. The first-order valence-corrected chi connectivity index (χ1v) is 7.20. The van der Waals surface area contributed by atoms with Crippen molar-refractivity contribution in [2.75, 3.05) is 0 Å². The molecule has 0 saturated heterocycles. The summed E-state index contributed by atoms with van der Waals surface area (Å²) in [6.45, 7) is 0. The van der Waals surface area contributed by atoms with Gasteiger partial charge in [0.1, 0.15) is 5.82 Å². The maximum Gasteiger partial charge on any atom is 0.416 e. The van der Waals surface area contributed by atoms with Crippen molar-refractivity contribution in [2.24, 2.45) is 16.5 Å². The van der Waals surface area contributed by atoms with Crippen LogP contribution in [0.1, 0.15) is 34.3 Å². The molecule has 3 rings (SSSR count). The maximum atomic E-state index is 13.3. The van der Waals surface area contributed by atoms with Crippen molar-refractivity contribution in [3.8, 4) is 0 Å². The molecule has 1 aromatic heterocycles. The molecule has 10 heteroatoms. The van der Waals surface area contributed by atoms with Gasteiger partial charge in [-0.1, -0.05) is 6.07 Å². The van der Waals surface area contributed by atoms with E-state index in [9.17, 15) is 22.4 Å². The Morgan fingerprint density at radius 1 is 1.28 bits per heavy atom. The number of aliphatic imine (C=N–C) groups is 1. The summed E-state index contributed by atoms with van der Waals surface area (Å²) < 4.78 is 54.4. The molecular formula is C15H13F4N5O. The van der Waals surface area contributed by atoms with E-state index in [0.29, 0.717) is 18.9 Å². The van der Waals surface area contributed by atoms with Crippen LogP contribution in [0, 0.1) is 5.82 Å². The summed E-state index contributed by atoms with van der Waals surface area (Å²) in [4.78, 5) is 15.1. The lowest BCUT2D eigenvalue weighted by molar-refractivity contribution is -0.138. The van der Waals surface area contributed by atoms with E-state index in [1.165, 1.54) is 17.1 Å². The van der Waals surface area contributed by atoms with Crippen molar-refractivity contribution >= 4 is 11.9 Å². The molecule has 132 valence electrons. The van der Waals surface area contributed by atoms with Gasteiger partial charge in [0.05, 0.1) is 22.9 Å². The van der Waals surface area contributed by atoms with Gasteiger partial charge in [-0.3, -0.25) is 9.48 Å². The molecule has 1 fully saturated rings.